The molecule has 0 bridgehead atoms. The topological polar surface area (TPSA) is 68.2 Å². The molecule has 1 aromatic carbocycles. The summed E-state index contributed by atoms with van der Waals surface area (Å²) in [5.74, 6) is 1.17. The van der Waals surface area contributed by atoms with Gasteiger partial charge in [-0.3, -0.25) is 9.89 Å². The van der Waals surface area contributed by atoms with Crippen molar-refractivity contribution in [1.29, 1.82) is 0 Å². The number of sulfone groups is 1. The van der Waals surface area contributed by atoms with Crippen LogP contribution in [0.3, 0.4) is 0 Å². The van der Waals surface area contributed by atoms with E-state index in [1.807, 2.05) is 4.90 Å². The van der Waals surface area contributed by atoms with Crippen molar-refractivity contribution in [2.45, 2.75) is 6.18 Å². The fourth-order valence-electron chi connectivity index (χ4n) is 3.69. The molecule has 0 atom stereocenters. The molecule has 1 N–H and O–H groups in total. The van der Waals surface area contributed by atoms with Gasteiger partial charge < -0.3 is 15.1 Å². The Morgan fingerprint density at radius 2 is 1.77 bits per heavy atom. The van der Waals surface area contributed by atoms with Gasteiger partial charge in [-0.25, -0.2) is 8.42 Å². The standard InChI is InChI=1S/C19H28F3N5O2S/c1-23-18(24-5-6-25-11-13-30(28,29)14-12-25)27-9-7-26(8-10-27)17-4-2-3-16(15-17)19(20,21)22/h2-4,15H,5-14H2,1H3,(H,23,24). The van der Waals surface area contributed by atoms with E-state index in [4.69, 9.17) is 0 Å². The lowest BCUT2D eigenvalue weighted by atomic mass is 10.1. The zero-order chi connectivity index (χ0) is 21.8. The van der Waals surface area contributed by atoms with E-state index in [0.717, 1.165) is 18.6 Å². The van der Waals surface area contributed by atoms with Crippen LogP contribution in [0.15, 0.2) is 29.3 Å². The Labute approximate surface area is 175 Å². The number of nitrogens with zero attached hydrogens (tertiary/aromatic N) is 4. The molecule has 0 amide bonds. The molecule has 0 saturated carbocycles. The number of rotatable bonds is 4. The third kappa shape index (κ3) is 6.00. The molecular formula is C19H28F3N5O2S. The number of guanidine groups is 1. The molecule has 2 aliphatic heterocycles. The number of hydrogen-bond donors (Lipinski definition) is 1. The van der Waals surface area contributed by atoms with Gasteiger partial charge in [0.2, 0.25) is 0 Å². The zero-order valence-corrected chi connectivity index (χ0v) is 17.8. The number of benzene rings is 1. The first-order chi connectivity index (χ1) is 14.2. The van der Waals surface area contributed by atoms with E-state index in [1.165, 1.54) is 12.1 Å². The van der Waals surface area contributed by atoms with E-state index >= 15 is 0 Å². The zero-order valence-electron chi connectivity index (χ0n) is 17.0. The van der Waals surface area contributed by atoms with Crippen molar-refractivity contribution in [2.24, 2.45) is 4.99 Å². The van der Waals surface area contributed by atoms with E-state index in [0.29, 0.717) is 51.5 Å². The Kier molecular flexibility index (Phi) is 7.12. The molecule has 7 nitrogen and oxygen atoms in total. The van der Waals surface area contributed by atoms with E-state index in [1.54, 1.807) is 13.1 Å². The lowest BCUT2D eigenvalue weighted by Gasteiger charge is -2.38. The van der Waals surface area contributed by atoms with Gasteiger partial charge in [-0.15, -0.1) is 0 Å². The van der Waals surface area contributed by atoms with Crippen LogP contribution >= 0.6 is 0 Å². The normalized spacial score (nSPS) is 21.0. The monoisotopic (exact) mass is 447 g/mol. The van der Waals surface area contributed by atoms with Gasteiger partial charge in [0.05, 0.1) is 17.1 Å². The summed E-state index contributed by atoms with van der Waals surface area (Å²) in [5, 5.41) is 3.31. The summed E-state index contributed by atoms with van der Waals surface area (Å²) in [5.41, 5.74) is -0.0575. The molecule has 2 fully saturated rings. The highest BCUT2D eigenvalue weighted by Crippen LogP contribution is 2.31. The van der Waals surface area contributed by atoms with Crippen LogP contribution in [0.1, 0.15) is 5.56 Å². The number of halogens is 3. The number of aliphatic imine (C=N–C) groups is 1. The Morgan fingerprint density at radius 3 is 2.37 bits per heavy atom. The molecule has 0 aromatic heterocycles. The summed E-state index contributed by atoms with van der Waals surface area (Å²) < 4.78 is 61.9. The maximum absolute atomic E-state index is 13.0. The first-order valence-corrected chi connectivity index (χ1v) is 11.8. The summed E-state index contributed by atoms with van der Waals surface area (Å²) in [6.45, 7) is 5.00. The van der Waals surface area contributed by atoms with Crippen LogP contribution in [0.4, 0.5) is 18.9 Å². The predicted octanol–water partition coefficient (Wildman–Crippen LogP) is 1.13. The smallest absolute Gasteiger partial charge is 0.368 e. The number of anilines is 1. The van der Waals surface area contributed by atoms with Gasteiger partial charge in [0.15, 0.2) is 15.8 Å². The van der Waals surface area contributed by atoms with Crippen LogP contribution in [0.5, 0.6) is 0 Å². The SMILES string of the molecule is CN=C(NCCN1CCS(=O)(=O)CC1)N1CCN(c2cccc(C(F)(F)F)c2)CC1. The van der Waals surface area contributed by atoms with Gasteiger partial charge in [0, 0.05) is 65.1 Å². The van der Waals surface area contributed by atoms with Crippen molar-refractivity contribution in [1.82, 2.24) is 15.1 Å². The van der Waals surface area contributed by atoms with Crippen molar-refractivity contribution >= 4 is 21.5 Å². The van der Waals surface area contributed by atoms with Crippen LogP contribution in [0.25, 0.3) is 0 Å². The predicted molar refractivity (Wildman–Crippen MR) is 112 cm³/mol. The molecule has 0 radical (unpaired) electrons. The molecule has 0 spiro atoms. The highest BCUT2D eigenvalue weighted by atomic mass is 32.2. The minimum atomic E-state index is -4.34. The summed E-state index contributed by atoms with van der Waals surface area (Å²) in [7, 11) is -1.18. The molecule has 30 heavy (non-hydrogen) atoms. The highest BCUT2D eigenvalue weighted by Gasteiger charge is 2.31. The molecule has 11 heteroatoms. The van der Waals surface area contributed by atoms with Crippen molar-refractivity contribution < 1.29 is 21.6 Å². The quantitative estimate of drug-likeness (QED) is 0.552. The highest BCUT2D eigenvalue weighted by molar-refractivity contribution is 7.91. The number of alkyl halides is 3. The van der Waals surface area contributed by atoms with E-state index in [-0.39, 0.29) is 11.5 Å². The second kappa shape index (κ2) is 9.42. The summed E-state index contributed by atoms with van der Waals surface area (Å²) in [4.78, 5) is 10.5. The minimum absolute atomic E-state index is 0.208. The molecule has 168 valence electrons. The minimum Gasteiger partial charge on any atom is -0.368 e. The number of hydrogen-bond acceptors (Lipinski definition) is 5. The van der Waals surface area contributed by atoms with Crippen LogP contribution in [0, 0.1) is 0 Å². The number of piperazine rings is 1. The lowest BCUT2D eigenvalue weighted by Crippen LogP contribution is -2.53. The summed E-state index contributed by atoms with van der Waals surface area (Å²) in [6, 6.07) is 5.43. The molecule has 2 saturated heterocycles. The van der Waals surface area contributed by atoms with Crippen LogP contribution in [0.2, 0.25) is 0 Å². The molecular weight excluding hydrogens is 419 g/mol. The average Bonchev–Trinajstić information content (AvgIpc) is 2.72. The second-order valence-electron chi connectivity index (χ2n) is 7.49. The van der Waals surface area contributed by atoms with Gasteiger partial charge in [0.1, 0.15) is 0 Å². The molecule has 2 aliphatic rings. The Bertz CT molecular complexity index is 838. The van der Waals surface area contributed by atoms with Gasteiger partial charge in [-0.2, -0.15) is 13.2 Å². The van der Waals surface area contributed by atoms with Crippen molar-refractivity contribution in [3.8, 4) is 0 Å². The van der Waals surface area contributed by atoms with Gasteiger partial charge in [0.25, 0.3) is 0 Å². The molecule has 0 aliphatic carbocycles. The molecule has 0 unspecified atom stereocenters. The maximum atomic E-state index is 13.0. The van der Waals surface area contributed by atoms with Gasteiger partial charge in [-0.1, -0.05) is 6.07 Å². The molecule has 3 rings (SSSR count). The van der Waals surface area contributed by atoms with Crippen LogP contribution < -0.4 is 10.2 Å². The average molecular weight is 448 g/mol. The number of nitrogens with one attached hydrogen (secondary N) is 1. The van der Waals surface area contributed by atoms with Crippen LogP contribution in [-0.2, 0) is 16.0 Å². The lowest BCUT2D eigenvalue weighted by molar-refractivity contribution is -0.137. The Balaban J connectivity index is 1.46. The maximum Gasteiger partial charge on any atom is 0.416 e. The molecule has 2 heterocycles. The fourth-order valence-corrected chi connectivity index (χ4v) is 4.96. The molecule has 1 aromatic rings. The largest absolute Gasteiger partial charge is 0.416 e. The fraction of sp³-hybridized carbons (Fsp3) is 0.632. The Morgan fingerprint density at radius 1 is 1.10 bits per heavy atom. The van der Waals surface area contributed by atoms with Gasteiger partial charge >= 0.3 is 6.18 Å². The first-order valence-electron chi connectivity index (χ1n) is 9.98. The third-order valence-electron chi connectivity index (χ3n) is 5.48. The van der Waals surface area contributed by atoms with Crippen LogP contribution in [-0.4, -0.2) is 95.1 Å². The third-order valence-corrected chi connectivity index (χ3v) is 7.09. The van der Waals surface area contributed by atoms with Crippen molar-refractivity contribution in [3.63, 3.8) is 0 Å². The van der Waals surface area contributed by atoms with Crippen molar-refractivity contribution in [2.75, 3.05) is 75.8 Å². The van der Waals surface area contributed by atoms with E-state index < -0.39 is 21.6 Å². The summed E-state index contributed by atoms with van der Waals surface area (Å²) in [6.07, 6.45) is -4.34. The first kappa shape index (κ1) is 22.7. The summed E-state index contributed by atoms with van der Waals surface area (Å²) >= 11 is 0. The van der Waals surface area contributed by atoms with E-state index in [9.17, 15) is 21.6 Å². The van der Waals surface area contributed by atoms with Gasteiger partial charge in [-0.05, 0) is 18.2 Å². The second-order valence-corrected chi connectivity index (χ2v) is 9.79. The van der Waals surface area contributed by atoms with E-state index in [2.05, 4.69) is 20.1 Å². The Hall–Kier alpha value is -2.01. The van der Waals surface area contributed by atoms with Crippen molar-refractivity contribution in [3.05, 3.63) is 29.8 Å².